The average molecular weight is 443 g/mol. The van der Waals surface area contributed by atoms with Crippen LogP contribution in [0.2, 0.25) is 0 Å². The fourth-order valence-corrected chi connectivity index (χ4v) is 3.56. The molecule has 1 amide bonds. The molecule has 0 bridgehead atoms. The molecular formula is C20H16BrFN4O2. The van der Waals surface area contributed by atoms with E-state index < -0.39 is 12.1 Å². The van der Waals surface area contributed by atoms with Gasteiger partial charge in [0.1, 0.15) is 11.6 Å². The van der Waals surface area contributed by atoms with E-state index in [1.165, 1.54) is 12.1 Å². The molecule has 0 spiro atoms. The van der Waals surface area contributed by atoms with Crippen LogP contribution in [0.3, 0.4) is 0 Å². The number of benzene rings is 2. The lowest BCUT2D eigenvalue weighted by Gasteiger charge is -2.14. The van der Waals surface area contributed by atoms with Crippen LogP contribution >= 0.6 is 15.9 Å². The van der Waals surface area contributed by atoms with Crippen LogP contribution < -0.4 is 5.32 Å². The van der Waals surface area contributed by atoms with Gasteiger partial charge in [-0.25, -0.2) is 14.2 Å². The Morgan fingerprint density at radius 2 is 2.04 bits per heavy atom. The third-order valence-electron chi connectivity index (χ3n) is 4.53. The summed E-state index contributed by atoms with van der Waals surface area (Å²) in [5.74, 6) is 0.172. The van der Waals surface area contributed by atoms with E-state index in [2.05, 4.69) is 36.2 Å². The van der Waals surface area contributed by atoms with Crippen molar-refractivity contribution in [3.05, 3.63) is 76.5 Å². The Bertz CT molecular complexity index is 1140. The van der Waals surface area contributed by atoms with Gasteiger partial charge in [0, 0.05) is 28.0 Å². The Balaban J connectivity index is 1.65. The van der Waals surface area contributed by atoms with Gasteiger partial charge in [0.25, 0.3) is 0 Å². The van der Waals surface area contributed by atoms with E-state index in [1.807, 2.05) is 24.4 Å². The predicted octanol–water partition coefficient (Wildman–Crippen LogP) is 5.01. The highest BCUT2D eigenvalue weighted by Gasteiger charge is 2.20. The molecule has 0 saturated heterocycles. The number of carboxylic acid groups (broad SMARTS) is 1. The number of hydrogen-bond acceptors (Lipinski definition) is 2. The molecule has 28 heavy (non-hydrogen) atoms. The molecule has 0 aliphatic heterocycles. The number of amides is 1. The molecule has 0 saturated carbocycles. The van der Waals surface area contributed by atoms with Gasteiger partial charge in [0.05, 0.1) is 17.9 Å². The minimum absolute atomic E-state index is 0.320. The van der Waals surface area contributed by atoms with Crippen LogP contribution in [0.1, 0.15) is 17.4 Å². The van der Waals surface area contributed by atoms with Gasteiger partial charge in [-0.1, -0.05) is 15.9 Å². The quantitative estimate of drug-likeness (QED) is 0.349. The number of nitrogens with one attached hydrogen (secondary N) is 3. The van der Waals surface area contributed by atoms with Crippen LogP contribution in [0.15, 0.2) is 59.3 Å². The van der Waals surface area contributed by atoms with E-state index in [1.54, 1.807) is 18.3 Å². The van der Waals surface area contributed by atoms with Gasteiger partial charge in [0.2, 0.25) is 0 Å². The SMILES string of the molecule is O=C(O)N[C@H](Cc1c[nH]c2ccc(Br)cc12)c1ncc(-c2ccc(F)cc2)[nH]1. The topological polar surface area (TPSA) is 93.8 Å². The molecular weight excluding hydrogens is 427 g/mol. The van der Waals surface area contributed by atoms with E-state index in [9.17, 15) is 14.3 Å². The summed E-state index contributed by atoms with van der Waals surface area (Å²) in [6.45, 7) is 0. The van der Waals surface area contributed by atoms with Crippen molar-refractivity contribution in [1.29, 1.82) is 0 Å². The number of imidazole rings is 1. The van der Waals surface area contributed by atoms with Crippen molar-refractivity contribution >= 4 is 32.9 Å². The van der Waals surface area contributed by atoms with E-state index in [4.69, 9.17) is 0 Å². The molecule has 4 rings (SSSR count). The third-order valence-corrected chi connectivity index (χ3v) is 5.03. The van der Waals surface area contributed by atoms with Crippen molar-refractivity contribution < 1.29 is 14.3 Å². The molecule has 142 valence electrons. The predicted molar refractivity (Wildman–Crippen MR) is 108 cm³/mol. The van der Waals surface area contributed by atoms with Crippen molar-refractivity contribution in [1.82, 2.24) is 20.3 Å². The summed E-state index contributed by atoms with van der Waals surface area (Å²) in [6.07, 6.45) is 2.77. The monoisotopic (exact) mass is 442 g/mol. The van der Waals surface area contributed by atoms with Crippen LogP contribution in [0.4, 0.5) is 9.18 Å². The van der Waals surface area contributed by atoms with Gasteiger partial charge >= 0.3 is 6.09 Å². The minimum Gasteiger partial charge on any atom is -0.465 e. The van der Waals surface area contributed by atoms with Crippen LogP contribution in [0.5, 0.6) is 0 Å². The summed E-state index contributed by atoms with van der Waals surface area (Å²) in [5, 5.41) is 12.8. The first-order valence-electron chi connectivity index (χ1n) is 8.55. The van der Waals surface area contributed by atoms with Crippen LogP contribution in [0, 0.1) is 5.82 Å². The fourth-order valence-electron chi connectivity index (χ4n) is 3.19. The number of rotatable bonds is 5. The second-order valence-electron chi connectivity index (χ2n) is 6.40. The summed E-state index contributed by atoms with van der Waals surface area (Å²) in [6, 6.07) is 11.3. The van der Waals surface area contributed by atoms with Gasteiger partial charge in [0.15, 0.2) is 0 Å². The molecule has 0 radical (unpaired) electrons. The number of halogens is 2. The Morgan fingerprint density at radius 3 is 2.79 bits per heavy atom. The molecule has 0 aliphatic carbocycles. The molecule has 4 aromatic rings. The molecule has 2 aromatic heterocycles. The number of H-pyrrole nitrogens is 2. The normalized spacial score (nSPS) is 12.2. The molecule has 2 heterocycles. The molecule has 0 unspecified atom stereocenters. The second kappa shape index (κ2) is 7.47. The number of nitrogens with zero attached hydrogens (tertiary/aromatic N) is 1. The maximum Gasteiger partial charge on any atom is 0.405 e. The number of hydrogen-bond donors (Lipinski definition) is 4. The number of fused-ring (bicyclic) bond motifs is 1. The van der Waals surface area contributed by atoms with E-state index in [-0.39, 0.29) is 5.82 Å². The number of aromatic nitrogens is 3. The second-order valence-corrected chi connectivity index (χ2v) is 7.31. The first-order valence-corrected chi connectivity index (χ1v) is 9.35. The Hall–Kier alpha value is -3.13. The summed E-state index contributed by atoms with van der Waals surface area (Å²) in [4.78, 5) is 22.0. The van der Waals surface area contributed by atoms with Gasteiger partial charge < -0.3 is 20.4 Å². The summed E-state index contributed by atoms with van der Waals surface area (Å²) in [5.41, 5.74) is 3.40. The Kier molecular flexibility index (Phi) is 4.87. The van der Waals surface area contributed by atoms with Gasteiger partial charge in [-0.05, 0) is 53.6 Å². The average Bonchev–Trinajstić information content (AvgIpc) is 3.29. The minimum atomic E-state index is -1.13. The van der Waals surface area contributed by atoms with Crippen molar-refractivity contribution in [2.24, 2.45) is 0 Å². The lowest BCUT2D eigenvalue weighted by molar-refractivity contribution is 0.189. The molecule has 0 fully saturated rings. The molecule has 2 aromatic carbocycles. The van der Waals surface area contributed by atoms with Gasteiger partial charge in [-0.2, -0.15) is 0 Å². The lowest BCUT2D eigenvalue weighted by atomic mass is 10.0. The maximum absolute atomic E-state index is 13.1. The molecule has 0 aliphatic rings. The Labute approximate surface area is 167 Å². The largest absolute Gasteiger partial charge is 0.465 e. The van der Waals surface area contributed by atoms with E-state index in [0.717, 1.165) is 26.5 Å². The van der Waals surface area contributed by atoms with Crippen molar-refractivity contribution in [3.63, 3.8) is 0 Å². The highest BCUT2D eigenvalue weighted by molar-refractivity contribution is 9.10. The van der Waals surface area contributed by atoms with E-state index in [0.29, 0.717) is 17.9 Å². The molecule has 4 N–H and O–H groups in total. The van der Waals surface area contributed by atoms with Crippen LogP contribution in [-0.2, 0) is 6.42 Å². The number of carbonyl (C=O) groups is 1. The summed E-state index contributed by atoms with van der Waals surface area (Å²) < 4.78 is 14.1. The lowest BCUT2D eigenvalue weighted by Crippen LogP contribution is -2.29. The molecule has 6 nitrogen and oxygen atoms in total. The van der Waals surface area contributed by atoms with Crippen molar-refractivity contribution in [2.45, 2.75) is 12.5 Å². The fraction of sp³-hybridized carbons (Fsp3) is 0.100. The van der Waals surface area contributed by atoms with Gasteiger partial charge in [-0.3, -0.25) is 0 Å². The standard InChI is InChI=1S/C20H16BrFN4O2/c21-13-3-6-16-15(8-13)12(9-23-16)7-17(26-20(27)28)19-24-10-18(25-19)11-1-4-14(22)5-2-11/h1-6,8-10,17,23,26H,7H2,(H,24,25)(H,27,28)/t17-/m1/s1. The molecule has 8 heteroatoms. The highest BCUT2D eigenvalue weighted by atomic mass is 79.9. The zero-order valence-corrected chi connectivity index (χ0v) is 16.1. The van der Waals surface area contributed by atoms with Crippen molar-refractivity contribution in [3.8, 4) is 11.3 Å². The molecule has 1 atom stereocenters. The third kappa shape index (κ3) is 3.77. The maximum atomic E-state index is 13.1. The summed E-state index contributed by atoms with van der Waals surface area (Å²) >= 11 is 3.47. The highest BCUT2D eigenvalue weighted by Crippen LogP contribution is 2.27. The zero-order valence-electron chi connectivity index (χ0n) is 14.5. The summed E-state index contributed by atoms with van der Waals surface area (Å²) in [7, 11) is 0. The number of aromatic amines is 2. The Morgan fingerprint density at radius 1 is 1.25 bits per heavy atom. The van der Waals surface area contributed by atoms with Crippen molar-refractivity contribution in [2.75, 3.05) is 0 Å². The van der Waals surface area contributed by atoms with Crippen LogP contribution in [0.25, 0.3) is 22.2 Å². The van der Waals surface area contributed by atoms with Gasteiger partial charge in [-0.15, -0.1) is 0 Å². The first kappa shape index (κ1) is 18.2. The first-order chi connectivity index (χ1) is 13.5. The van der Waals surface area contributed by atoms with E-state index >= 15 is 0 Å². The van der Waals surface area contributed by atoms with Crippen LogP contribution in [-0.4, -0.2) is 26.2 Å². The smallest absolute Gasteiger partial charge is 0.405 e. The zero-order chi connectivity index (χ0) is 19.7.